The summed E-state index contributed by atoms with van der Waals surface area (Å²) in [6, 6.07) is -0.163. The molecule has 0 aromatic heterocycles. The molecule has 1 aliphatic rings. The van der Waals surface area contributed by atoms with Crippen molar-refractivity contribution in [2.45, 2.75) is 44.8 Å². The number of carbonyl (C=O) groups excluding carboxylic acids is 1. The summed E-state index contributed by atoms with van der Waals surface area (Å²) in [6.45, 7) is 2.61. The van der Waals surface area contributed by atoms with E-state index in [0.29, 0.717) is 5.92 Å². The van der Waals surface area contributed by atoms with Crippen LogP contribution < -0.4 is 5.32 Å². The number of rotatable bonds is 4. The molecule has 3 atom stereocenters. The zero-order valence-electron chi connectivity index (χ0n) is 10.6. The van der Waals surface area contributed by atoms with E-state index >= 15 is 0 Å². The standard InChI is InChI=1S/C12H24N2O2/c1-9(12(16)14(2)3)13-8-10-6-4-5-7-11(10)15/h9-11,13,15H,4-8H2,1-3H3. The Kier molecular flexibility index (Phi) is 5.22. The first-order valence-electron chi connectivity index (χ1n) is 6.15. The number of hydrogen-bond donors (Lipinski definition) is 2. The molecule has 3 unspecified atom stereocenters. The lowest BCUT2D eigenvalue weighted by Gasteiger charge is -2.29. The maximum Gasteiger partial charge on any atom is 0.238 e. The Morgan fingerprint density at radius 2 is 2.06 bits per heavy atom. The molecule has 0 saturated heterocycles. The van der Waals surface area contributed by atoms with Gasteiger partial charge in [0.1, 0.15) is 0 Å². The summed E-state index contributed by atoms with van der Waals surface area (Å²) in [7, 11) is 3.52. The number of aliphatic hydroxyl groups excluding tert-OH is 1. The normalized spacial score (nSPS) is 27.5. The first-order chi connectivity index (χ1) is 7.52. The molecule has 0 aliphatic heterocycles. The summed E-state index contributed by atoms with van der Waals surface area (Å²) in [6.07, 6.45) is 4.10. The highest BCUT2D eigenvalue weighted by atomic mass is 16.3. The number of hydrogen-bond acceptors (Lipinski definition) is 3. The van der Waals surface area contributed by atoms with Crippen molar-refractivity contribution in [3.63, 3.8) is 0 Å². The Bertz CT molecular complexity index is 231. The van der Waals surface area contributed by atoms with Gasteiger partial charge in [0.2, 0.25) is 5.91 Å². The summed E-state index contributed by atoms with van der Waals surface area (Å²) < 4.78 is 0. The molecule has 1 aliphatic carbocycles. The maximum absolute atomic E-state index is 11.6. The molecule has 0 aromatic rings. The maximum atomic E-state index is 11.6. The van der Waals surface area contributed by atoms with Crippen LogP contribution in [0.25, 0.3) is 0 Å². The molecule has 0 spiro atoms. The lowest BCUT2D eigenvalue weighted by Crippen LogP contribution is -2.45. The second-order valence-electron chi connectivity index (χ2n) is 4.97. The highest BCUT2D eigenvalue weighted by Crippen LogP contribution is 2.23. The highest BCUT2D eigenvalue weighted by Gasteiger charge is 2.24. The van der Waals surface area contributed by atoms with Crippen molar-refractivity contribution in [2.24, 2.45) is 5.92 Å². The van der Waals surface area contributed by atoms with E-state index in [0.717, 1.165) is 25.8 Å². The van der Waals surface area contributed by atoms with E-state index < -0.39 is 0 Å². The Labute approximate surface area is 98.0 Å². The van der Waals surface area contributed by atoms with Crippen molar-refractivity contribution in [3.05, 3.63) is 0 Å². The van der Waals surface area contributed by atoms with Crippen LogP contribution in [0.2, 0.25) is 0 Å². The third-order valence-electron chi connectivity index (χ3n) is 3.37. The van der Waals surface area contributed by atoms with E-state index in [9.17, 15) is 9.90 Å². The number of nitrogens with one attached hydrogen (secondary N) is 1. The molecule has 4 nitrogen and oxygen atoms in total. The molecular formula is C12H24N2O2. The number of carbonyl (C=O) groups is 1. The second-order valence-corrected chi connectivity index (χ2v) is 4.97. The number of amides is 1. The summed E-state index contributed by atoms with van der Waals surface area (Å²) in [5.41, 5.74) is 0. The fourth-order valence-electron chi connectivity index (χ4n) is 2.23. The van der Waals surface area contributed by atoms with E-state index in [-0.39, 0.29) is 18.1 Å². The molecule has 16 heavy (non-hydrogen) atoms. The molecule has 1 saturated carbocycles. The van der Waals surface area contributed by atoms with Crippen molar-refractivity contribution < 1.29 is 9.90 Å². The van der Waals surface area contributed by atoms with E-state index in [4.69, 9.17) is 0 Å². The molecular weight excluding hydrogens is 204 g/mol. The van der Waals surface area contributed by atoms with Crippen LogP contribution in [0.3, 0.4) is 0 Å². The van der Waals surface area contributed by atoms with Crippen LogP contribution in [-0.2, 0) is 4.79 Å². The van der Waals surface area contributed by atoms with Gasteiger partial charge in [-0.3, -0.25) is 4.79 Å². The minimum Gasteiger partial charge on any atom is -0.393 e. The molecule has 0 heterocycles. The van der Waals surface area contributed by atoms with Gasteiger partial charge in [0.15, 0.2) is 0 Å². The number of likely N-dealkylation sites (N-methyl/N-ethyl adjacent to an activating group) is 1. The molecule has 94 valence electrons. The van der Waals surface area contributed by atoms with Gasteiger partial charge in [-0.15, -0.1) is 0 Å². The SMILES string of the molecule is CC(NCC1CCCCC1O)C(=O)N(C)C. The summed E-state index contributed by atoms with van der Waals surface area (Å²) in [5, 5.41) is 13.0. The van der Waals surface area contributed by atoms with E-state index in [1.54, 1.807) is 19.0 Å². The quantitative estimate of drug-likeness (QED) is 0.741. The molecule has 4 heteroatoms. The average molecular weight is 228 g/mol. The fraction of sp³-hybridized carbons (Fsp3) is 0.917. The lowest BCUT2D eigenvalue weighted by atomic mass is 9.86. The minimum atomic E-state index is -0.192. The average Bonchev–Trinajstić information content (AvgIpc) is 2.26. The summed E-state index contributed by atoms with van der Waals surface area (Å²) in [5.74, 6) is 0.400. The smallest absolute Gasteiger partial charge is 0.238 e. The molecule has 1 amide bonds. The van der Waals surface area contributed by atoms with E-state index in [1.807, 2.05) is 6.92 Å². The van der Waals surface area contributed by atoms with Crippen LogP contribution in [0, 0.1) is 5.92 Å². The van der Waals surface area contributed by atoms with Crippen LogP contribution in [-0.4, -0.2) is 48.7 Å². The first kappa shape index (κ1) is 13.5. The zero-order valence-corrected chi connectivity index (χ0v) is 10.6. The molecule has 0 radical (unpaired) electrons. The van der Waals surface area contributed by atoms with Crippen LogP contribution in [0.4, 0.5) is 0 Å². The highest BCUT2D eigenvalue weighted by molar-refractivity contribution is 5.80. The predicted octanol–water partition coefficient (Wildman–Crippen LogP) is 0.604. The van der Waals surface area contributed by atoms with Gasteiger partial charge in [-0.2, -0.15) is 0 Å². The van der Waals surface area contributed by atoms with Gasteiger partial charge in [-0.1, -0.05) is 12.8 Å². The fourth-order valence-corrected chi connectivity index (χ4v) is 2.23. The third kappa shape index (κ3) is 3.76. The zero-order chi connectivity index (χ0) is 12.1. The predicted molar refractivity (Wildman–Crippen MR) is 64.1 cm³/mol. The topological polar surface area (TPSA) is 52.6 Å². The molecule has 1 rings (SSSR count). The van der Waals surface area contributed by atoms with Crippen LogP contribution in [0.5, 0.6) is 0 Å². The van der Waals surface area contributed by atoms with Gasteiger partial charge in [0.05, 0.1) is 12.1 Å². The largest absolute Gasteiger partial charge is 0.393 e. The summed E-state index contributed by atoms with van der Waals surface area (Å²) in [4.78, 5) is 13.2. The van der Waals surface area contributed by atoms with Gasteiger partial charge in [0, 0.05) is 20.6 Å². The Hall–Kier alpha value is -0.610. The van der Waals surface area contributed by atoms with Crippen molar-refractivity contribution in [3.8, 4) is 0 Å². The van der Waals surface area contributed by atoms with Gasteiger partial charge >= 0.3 is 0 Å². The van der Waals surface area contributed by atoms with Crippen molar-refractivity contribution in [1.82, 2.24) is 10.2 Å². The molecule has 0 bridgehead atoms. The Morgan fingerprint density at radius 1 is 1.44 bits per heavy atom. The van der Waals surface area contributed by atoms with Crippen LogP contribution in [0.1, 0.15) is 32.6 Å². The number of nitrogens with zero attached hydrogens (tertiary/aromatic N) is 1. The molecule has 2 N–H and O–H groups in total. The minimum absolute atomic E-state index is 0.0882. The van der Waals surface area contributed by atoms with Crippen LogP contribution in [0.15, 0.2) is 0 Å². The van der Waals surface area contributed by atoms with Crippen molar-refractivity contribution in [1.29, 1.82) is 0 Å². The van der Waals surface area contributed by atoms with Crippen molar-refractivity contribution >= 4 is 5.91 Å². The van der Waals surface area contributed by atoms with Gasteiger partial charge in [-0.05, 0) is 25.7 Å². The number of aliphatic hydroxyl groups is 1. The second kappa shape index (κ2) is 6.21. The van der Waals surface area contributed by atoms with Gasteiger partial charge < -0.3 is 15.3 Å². The molecule has 1 fully saturated rings. The van der Waals surface area contributed by atoms with E-state index in [2.05, 4.69) is 5.32 Å². The van der Waals surface area contributed by atoms with Gasteiger partial charge in [-0.25, -0.2) is 0 Å². The van der Waals surface area contributed by atoms with Crippen LogP contribution >= 0.6 is 0 Å². The van der Waals surface area contributed by atoms with E-state index in [1.165, 1.54) is 6.42 Å². The first-order valence-corrected chi connectivity index (χ1v) is 6.15. The third-order valence-corrected chi connectivity index (χ3v) is 3.37. The summed E-state index contributed by atoms with van der Waals surface area (Å²) >= 11 is 0. The Morgan fingerprint density at radius 3 is 2.62 bits per heavy atom. The molecule has 0 aromatic carbocycles. The van der Waals surface area contributed by atoms with Gasteiger partial charge in [0.25, 0.3) is 0 Å². The lowest BCUT2D eigenvalue weighted by molar-refractivity contribution is -0.130. The Balaban J connectivity index is 2.30. The monoisotopic (exact) mass is 228 g/mol. The van der Waals surface area contributed by atoms with Crippen molar-refractivity contribution in [2.75, 3.05) is 20.6 Å².